The highest BCUT2D eigenvalue weighted by Crippen LogP contribution is 2.30. The van der Waals surface area contributed by atoms with E-state index in [0.29, 0.717) is 5.57 Å². The Morgan fingerprint density at radius 1 is 1.19 bits per heavy atom. The molecule has 1 atom stereocenters. The van der Waals surface area contributed by atoms with Crippen LogP contribution in [-0.4, -0.2) is 28.6 Å². The van der Waals surface area contributed by atoms with E-state index in [1.54, 1.807) is 13.8 Å². The molecule has 0 spiro atoms. The summed E-state index contributed by atoms with van der Waals surface area (Å²) in [6.07, 6.45) is 3.85. The van der Waals surface area contributed by atoms with Gasteiger partial charge in [0.15, 0.2) is 0 Å². The summed E-state index contributed by atoms with van der Waals surface area (Å²) in [4.78, 5) is 15.4. The van der Waals surface area contributed by atoms with Gasteiger partial charge in [-0.1, -0.05) is 18.2 Å². The largest absolute Gasteiger partial charge is 0.394 e. The molecule has 0 bridgehead atoms. The smallest absolute Gasteiger partial charge is 0.247 e. The lowest BCUT2D eigenvalue weighted by molar-refractivity contribution is -0.118. The van der Waals surface area contributed by atoms with Crippen LogP contribution in [0.3, 0.4) is 0 Å². The van der Waals surface area contributed by atoms with Crippen molar-refractivity contribution >= 4 is 22.9 Å². The first-order valence-corrected chi connectivity index (χ1v) is 9.18. The fourth-order valence-corrected chi connectivity index (χ4v) is 3.21. The van der Waals surface area contributed by atoms with Gasteiger partial charge in [0.25, 0.3) is 0 Å². The molecule has 0 radical (unpaired) electrons. The van der Waals surface area contributed by atoms with Gasteiger partial charge in [-0.3, -0.25) is 4.79 Å². The van der Waals surface area contributed by atoms with Crippen LogP contribution in [0.2, 0.25) is 0 Å². The van der Waals surface area contributed by atoms with E-state index in [0.717, 1.165) is 16.6 Å². The van der Waals surface area contributed by atoms with Crippen LogP contribution in [0, 0.1) is 13.8 Å². The Labute approximate surface area is 159 Å². The van der Waals surface area contributed by atoms with Crippen LogP contribution in [0.1, 0.15) is 30.5 Å². The Morgan fingerprint density at radius 3 is 2.70 bits per heavy atom. The number of aliphatic hydroxyl groups excluding tert-OH is 1. The molecule has 0 aliphatic carbocycles. The molecule has 0 saturated carbocycles. The maximum absolute atomic E-state index is 12.2. The molecule has 0 unspecified atom stereocenters. The number of aliphatic hydroxyl groups is 1. The number of amides is 1. The fourth-order valence-electron chi connectivity index (χ4n) is 3.21. The number of fused-ring (bicyclic) bond motifs is 1. The van der Waals surface area contributed by atoms with Crippen molar-refractivity contribution in [2.45, 2.75) is 33.7 Å². The molecule has 3 aromatic rings. The van der Waals surface area contributed by atoms with Crippen LogP contribution in [-0.2, 0) is 4.79 Å². The van der Waals surface area contributed by atoms with E-state index in [9.17, 15) is 4.79 Å². The van der Waals surface area contributed by atoms with Crippen LogP contribution in [0.4, 0.5) is 0 Å². The van der Waals surface area contributed by atoms with Gasteiger partial charge in [0.1, 0.15) is 0 Å². The quantitative estimate of drug-likeness (QED) is 0.591. The molecule has 1 amide bonds. The highest BCUT2D eigenvalue weighted by atomic mass is 16.3. The third-order valence-corrected chi connectivity index (χ3v) is 4.86. The molecule has 140 valence electrons. The molecule has 1 heterocycles. The highest BCUT2D eigenvalue weighted by molar-refractivity contribution is 5.97. The lowest BCUT2D eigenvalue weighted by atomic mass is 9.93. The van der Waals surface area contributed by atoms with Crippen molar-refractivity contribution in [1.82, 2.24) is 10.3 Å². The van der Waals surface area contributed by atoms with Gasteiger partial charge in [0, 0.05) is 23.3 Å². The van der Waals surface area contributed by atoms with E-state index < -0.39 is 0 Å². The zero-order valence-electron chi connectivity index (χ0n) is 16.3. The summed E-state index contributed by atoms with van der Waals surface area (Å²) in [6.45, 7) is 7.65. The van der Waals surface area contributed by atoms with Crippen molar-refractivity contribution in [3.8, 4) is 11.1 Å². The average molecular weight is 362 g/mol. The minimum absolute atomic E-state index is 0.0721. The van der Waals surface area contributed by atoms with Gasteiger partial charge in [-0.15, -0.1) is 0 Å². The third-order valence-electron chi connectivity index (χ3n) is 4.86. The number of benzene rings is 2. The second-order valence-corrected chi connectivity index (χ2v) is 7.19. The summed E-state index contributed by atoms with van der Waals surface area (Å²) in [7, 11) is 0. The number of rotatable bonds is 5. The van der Waals surface area contributed by atoms with Gasteiger partial charge >= 0.3 is 0 Å². The van der Waals surface area contributed by atoms with Crippen LogP contribution in [0.15, 0.2) is 48.2 Å². The van der Waals surface area contributed by atoms with E-state index in [1.165, 1.54) is 22.1 Å². The van der Waals surface area contributed by atoms with Crippen molar-refractivity contribution in [3.63, 3.8) is 0 Å². The average Bonchev–Trinajstić information content (AvgIpc) is 3.11. The SMILES string of the molecule is C/C(=C\c1cc(C)c(-c2ccc3[nH]ccc3c2)cc1C)C(=O)N[C@H](C)CO. The predicted molar refractivity (Wildman–Crippen MR) is 112 cm³/mol. The van der Waals surface area contributed by atoms with Crippen LogP contribution < -0.4 is 5.32 Å². The Kier molecular flexibility index (Phi) is 5.47. The summed E-state index contributed by atoms with van der Waals surface area (Å²) in [5.41, 5.74) is 7.45. The van der Waals surface area contributed by atoms with Crippen molar-refractivity contribution < 1.29 is 9.90 Å². The fraction of sp³-hybridized carbons (Fsp3) is 0.261. The first kappa shape index (κ1) is 18.9. The first-order chi connectivity index (χ1) is 12.9. The number of carbonyl (C=O) groups is 1. The maximum atomic E-state index is 12.2. The van der Waals surface area contributed by atoms with Crippen molar-refractivity contribution in [2.24, 2.45) is 0 Å². The zero-order chi connectivity index (χ0) is 19.6. The van der Waals surface area contributed by atoms with Crippen molar-refractivity contribution in [2.75, 3.05) is 6.61 Å². The number of aromatic amines is 1. The van der Waals surface area contributed by atoms with Gasteiger partial charge in [0.2, 0.25) is 5.91 Å². The Morgan fingerprint density at radius 2 is 1.96 bits per heavy atom. The van der Waals surface area contributed by atoms with E-state index >= 15 is 0 Å². The third kappa shape index (κ3) is 4.12. The Balaban J connectivity index is 1.92. The van der Waals surface area contributed by atoms with Crippen LogP contribution in [0.25, 0.3) is 28.1 Å². The second kappa shape index (κ2) is 7.80. The summed E-state index contributed by atoms with van der Waals surface area (Å²) in [5, 5.41) is 13.1. The lowest BCUT2D eigenvalue weighted by Gasteiger charge is -2.13. The minimum atomic E-state index is -0.255. The Bertz CT molecular complexity index is 1010. The lowest BCUT2D eigenvalue weighted by Crippen LogP contribution is -2.35. The predicted octanol–water partition coefficient (Wildman–Crippen LogP) is 4.35. The minimum Gasteiger partial charge on any atom is -0.394 e. The molecule has 4 heteroatoms. The molecule has 1 aromatic heterocycles. The topological polar surface area (TPSA) is 65.1 Å². The number of aromatic nitrogens is 1. The molecule has 0 saturated heterocycles. The summed E-state index contributed by atoms with van der Waals surface area (Å²) in [6, 6.07) is 12.5. The van der Waals surface area contributed by atoms with Gasteiger partial charge in [0.05, 0.1) is 6.61 Å². The van der Waals surface area contributed by atoms with Gasteiger partial charge in [-0.2, -0.15) is 0 Å². The van der Waals surface area contributed by atoms with Crippen LogP contribution >= 0.6 is 0 Å². The molecule has 3 rings (SSSR count). The van der Waals surface area contributed by atoms with Gasteiger partial charge in [-0.05, 0) is 85.2 Å². The monoisotopic (exact) mass is 362 g/mol. The maximum Gasteiger partial charge on any atom is 0.247 e. The van der Waals surface area contributed by atoms with Crippen LogP contribution in [0.5, 0.6) is 0 Å². The van der Waals surface area contributed by atoms with Gasteiger partial charge < -0.3 is 15.4 Å². The molecular formula is C23H26N2O2. The summed E-state index contributed by atoms with van der Waals surface area (Å²) < 4.78 is 0. The molecule has 4 nitrogen and oxygen atoms in total. The summed E-state index contributed by atoms with van der Waals surface area (Å²) in [5.74, 6) is -0.157. The molecule has 2 aromatic carbocycles. The van der Waals surface area contributed by atoms with Crippen molar-refractivity contribution in [3.05, 3.63) is 64.9 Å². The van der Waals surface area contributed by atoms with E-state index in [4.69, 9.17) is 5.11 Å². The Hall–Kier alpha value is -2.85. The molecule has 3 N–H and O–H groups in total. The number of nitrogens with one attached hydrogen (secondary N) is 2. The number of aryl methyl sites for hydroxylation is 2. The second-order valence-electron chi connectivity index (χ2n) is 7.19. The highest BCUT2D eigenvalue weighted by Gasteiger charge is 2.11. The molecule has 27 heavy (non-hydrogen) atoms. The number of carbonyl (C=O) groups excluding carboxylic acids is 1. The number of H-pyrrole nitrogens is 1. The molecule has 0 aliphatic heterocycles. The van der Waals surface area contributed by atoms with Crippen molar-refractivity contribution in [1.29, 1.82) is 0 Å². The normalized spacial score (nSPS) is 13.0. The van der Waals surface area contributed by atoms with E-state index in [-0.39, 0.29) is 18.6 Å². The summed E-state index contributed by atoms with van der Waals surface area (Å²) >= 11 is 0. The zero-order valence-corrected chi connectivity index (χ0v) is 16.3. The van der Waals surface area contributed by atoms with E-state index in [1.807, 2.05) is 12.3 Å². The molecule has 0 aliphatic rings. The molecular weight excluding hydrogens is 336 g/mol. The number of hydrogen-bond donors (Lipinski definition) is 3. The standard InChI is InChI=1S/C23H26N2O2/c1-14-11-21(18-5-6-22-19(12-18)7-8-24-22)15(2)9-20(14)10-16(3)23(27)25-17(4)13-26/h5-12,17,24,26H,13H2,1-4H3,(H,25,27)/b16-10+/t17-/m1/s1. The van der Waals surface area contributed by atoms with Gasteiger partial charge in [-0.25, -0.2) is 0 Å². The van der Waals surface area contributed by atoms with E-state index in [2.05, 4.69) is 60.5 Å². The first-order valence-electron chi connectivity index (χ1n) is 9.18. The molecule has 0 fully saturated rings. The number of hydrogen-bond acceptors (Lipinski definition) is 2.